The summed E-state index contributed by atoms with van der Waals surface area (Å²) in [5.74, 6) is 0.136. The van der Waals surface area contributed by atoms with Crippen molar-refractivity contribution < 1.29 is 9.53 Å². The zero-order valence-electron chi connectivity index (χ0n) is 10.6. The number of aromatic amines is 1. The maximum Gasteiger partial charge on any atom is 0.340 e. The Morgan fingerprint density at radius 3 is 2.65 bits per heavy atom. The lowest BCUT2D eigenvalue weighted by Gasteiger charge is -2.06. The van der Waals surface area contributed by atoms with Crippen LogP contribution in [0.3, 0.4) is 0 Å². The number of ether oxygens (including phenoxy) is 1. The summed E-state index contributed by atoms with van der Waals surface area (Å²) in [7, 11) is 1.41. The molecule has 0 aliphatic rings. The van der Waals surface area contributed by atoms with Crippen LogP contribution in [-0.2, 0) is 4.74 Å². The van der Waals surface area contributed by atoms with E-state index in [0.717, 1.165) is 16.6 Å². The minimum absolute atomic E-state index is 0.283. The Bertz CT molecular complexity index is 567. The van der Waals surface area contributed by atoms with E-state index in [1.165, 1.54) is 12.7 Å². The molecular formula is C14H17NO2. The summed E-state index contributed by atoms with van der Waals surface area (Å²) < 4.78 is 4.82. The summed E-state index contributed by atoms with van der Waals surface area (Å²) >= 11 is 0. The molecule has 0 saturated carbocycles. The van der Waals surface area contributed by atoms with Gasteiger partial charge in [0.1, 0.15) is 0 Å². The van der Waals surface area contributed by atoms with E-state index in [1.54, 1.807) is 0 Å². The predicted octanol–water partition coefficient (Wildman–Crippen LogP) is 3.39. The predicted molar refractivity (Wildman–Crippen MR) is 68.5 cm³/mol. The Balaban J connectivity index is 2.76. The summed E-state index contributed by atoms with van der Waals surface area (Å²) in [6.07, 6.45) is 0. The van der Waals surface area contributed by atoms with Gasteiger partial charge in [0.2, 0.25) is 0 Å². The third-order valence-corrected chi connectivity index (χ3v) is 3.07. The van der Waals surface area contributed by atoms with Crippen molar-refractivity contribution in [3.63, 3.8) is 0 Å². The summed E-state index contributed by atoms with van der Waals surface area (Å²) in [5.41, 5.74) is 3.77. The Morgan fingerprint density at radius 1 is 1.35 bits per heavy atom. The first-order chi connectivity index (χ1) is 8.06. The maximum absolute atomic E-state index is 11.7. The SMILES string of the molecule is COC(=O)c1c(C)[nH]c2c(C(C)C)cccc12. The molecule has 2 aromatic rings. The topological polar surface area (TPSA) is 42.1 Å². The number of benzene rings is 1. The Labute approximate surface area is 101 Å². The van der Waals surface area contributed by atoms with Crippen molar-refractivity contribution in [2.24, 2.45) is 0 Å². The average Bonchev–Trinajstić information content (AvgIpc) is 2.63. The van der Waals surface area contributed by atoms with Crippen molar-refractivity contribution in [2.45, 2.75) is 26.7 Å². The van der Waals surface area contributed by atoms with Crippen LogP contribution in [0.15, 0.2) is 18.2 Å². The quantitative estimate of drug-likeness (QED) is 0.805. The van der Waals surface area contributed by atoms with Crippen molar-refractivity contribution in [1.82, 2.24) is 4.98 Å². The molecule has 0 spiro atoms. The number of para-hydroxylation sites is 1. The number of aromatic nitrogens is 1. The van der Waals surface area contributed by atoms with Gasteiger partial charge >= 0.3 is 5.97 Å². The number of carbonyl (C=O) groups excluding carboxylic acids is 1. The molecule has 0 fully saturated rings. The van der Waals surface area contributed by atoms with E-state index in [2.05, 4.69) is 24.9 Å². The van der Waals surface area contributed by atoms with Crippen molar-refractivity contribution >= 4 is 16.9 Å². The molecule has 0 radical (unpaired) electrons. The molecule has 1 N–H and O–H groups in total. The lowest BCUT2D eigenvalue weighted by Crippen LogP contribution is -2.02. The Morgan fingerprint density at radius 2 is 2.06 bits per heavy atom. The molecule has 90 valence electrons. The number of hydrogen-bond donors (Lipinski definition) is 1. The van der Waals surface area contributed by atoms with Crippen LogP contribution >= 0.6 is 0 Å². The van der Waals surface area contributed by atoms with Crippen LogP contribution in [0, 0.1) is 6.92 Å². The third kappa shape index (κ3) is 1.82. The number of fused-ring (bicyclic) bond motifs is 1. The number of methoxy groups -OCH3 is 1. The van der Waals surface area contributed by atoms with Gasteiger partial charge in [-0.3, -0.25) is 0 Å². The fourth-order valence-corrected chi connectivity index (χ4v) is 2.22. The summed E-state index contributed by atoms with van der Waals surface area (Å²) in [4.78, 5) is 15.0. The van der Waals surface area contributed by atoms with Crippen LogP contribution in [0.4, 0.5) is 0 Å². The molecule has 1 aromatic heterocycles. The number of esters is 1. The van der Waals surface area contributed by atoms with Crippen LogP contribution < -0.4 is 0 Å². The smallest absolute Gasteiger partial charge is 0.340 e. The number of nitrogens with one attached hydrogen (secondary N) is 1. The fraction of sp³-hybridized carbons (Fsp3) is 0.357. The highest BCUT2D eigenvalue weighted by molar-refractivity contribution is 6.06. The largest absolute Gasteiger partial charge is 0.465 e. The van der Waals surface area contributed by atoms with Gasteiger partial charge in [0.25, 0.3) is 0 Å². The monoisotopic (exact) mass is 231 g/mol. The van der Waals surface area contributed by atoms with Gasteiger partial charge in [-0.1, -0.05) is 32.0 Å². The summed E-state index contributed by atoms with van der Waals surface area (Å²) in [6, 6.07) is 6.03. The second kappa shape index (κ2) is 4.24. The van der Waals surface area contributed by atoms with Gasteiger partial charge in [0.05, 0.1) is 12.7 Å². The highest BCUT2D eigenvalue weighted by Crippen LogP contribution is 2.29. The zero-order valence-corrected chi connectivity index (χ0v) is 10.6. The number of hydrogen-bond acceptors (Lipinski definition) is 2. The molecule has 3 nitrogen and oxygen atoms in total. The lowest BCUT2D eigenvalue weighted by molar-refractivity contribution is 0.0602. The maximum atomic E-state index is 11.7. The number of H-pyrrole nitrogens is 1. The second-order valence-corrected chi connectivity index (χ2v) is 4.54. The molecule has 0 saturated heterocycles. The molecule has 1 heterocycles. The first kappa shape index (κ1) is 11.7. The van der Waals surface area contributed by atoms with E-state index in [1.807, 2.05) is 19.1 Å². The molecule has 0 aliphatic heterocycles. The number of aryl methyl sites for hydroxylation is 1. The van der Waals surface area contributed by atoms with Crippen LogP contribution in [0.2, 0.25) is 0 Å². The highest BCUT2D eigenvalue weighted by Gasteiger charge is 2.18. The summed E-state index contributed by atoms with van der Waals surface area (Å²) in [6.45, 7) is 6.18. The van der Waals surface area contributed by atoms with Crippen molar-refractivity contribution in [1.29, 1.82) is 0 Å². The molecule has 3 heteroatoms. The molecule has 0 unspecified atom stereocenters. The Kier molecular flexibility index (Phi) is 2.92. The first-order valence-electron chi connectivity index (χ1n) is 5.75. The molecule has 2 rings (SSSR count). The van der Waals surface area contributed by atoms with Crippen LogP contribution in [0.25, 0.3) is 10.9 Å². The van der Waals surface area contributed by atoms with Gasteiger partial charge in [0, 0.05) is 16.6 Å². The van der Waals surface area contributed by atoms with E-state index >= 15 is 0 Å². The van der Waals surface area contributed by atoms with Gasteiger partial charge in [-0.05, 0) is 18.4 Å². The van der Waals surface area contributed by atoms with Gasteiger partial charge in [0.15, 0.2) is 0 Å². The van der Waals surface area contributed by atoms with Crippen LogP contribution in [0.1, 0.15) is 41.4 Å². The molecule has 0 amide bonds. The third-order valence-electron chi connectivity index (χ3n) is 3.07. The fourth-order valence-electron chi connectivity index (χ4n) is 2.22. The van der Waals surface area contributed by atoms with Crippen molar-refractivity contribution in [3.8, 4) is 0 Å². The molecule has 17 heavy (non-hydrogen) atoms. The van der Waals surface area contributed by atoms with Gasteiger partial charge in [-0.25, -0.2) is 4.79 Å². The molecular weight excluding hydrogens is 214 g/mol. The van der Waals surface area contributed by atoms with Crippen LogP contribution in [0.5, 0.6) is 0 Å². The summed E-state index contributed by atoms with van der Waals surface area (Å²) in [5, 5.41) is 0.945. The van der Waals surface area contributed by atoms with E-state index < -0.39 is 0 Å². The Hall–Kier alpha value is -1.77. The number of carbonyl (C=O) groups is 1. The van der Waals surface area contributed by atoms with Gasteiger partial charge in [-0.15, -0.1) is 0 Å². The lowest BCUT2D eigenvalue weighted by atomic mass is 9.99. The molecule has 0 aliphatic carbocycles. The van der Waals surface area contributed by atoms with Crippen LogP contribution in [-0.4, -0.2) is 18.1 Å². The highest BCUT2D eigenvalue weighted by atomic mass is 16.5. The molecule has 0 atom stereocenters. The molecule has 1 aromatic carbocycles. The van der Waals surface area contributed by atoms with Crippen molar-refractivity contribution in [3.05, 3.63) is 35.0 Å². The van der Waals surface area contributed by atoms with E-state index in [4.69, 9.17) is 4.74 Å². The van der Waals surface area contributed by atoms with Gasteiger partial charge in [-0.2, -0.15) is 0 Å². The standard InChI is InChI=1S/C14H17NO2/c1-8(2)10-6-5-7-11-12(14(16)17-4)9(3)15-13(10)11/h5-8,15H,1-4H3. The minimum Gasteiger partial charge on any atom is -0.465 e. The van der Waals surface area contributed by atoms with Crippen molar-refractivity contribution in [2.75, 3.05) is 7.11 Å². The second-order valence-electron chi connectivity index (χ2n) is 4.54. The van der Waals surface area contributed by atoms with Gasteiger partial charge < -0.3 is 9.72 Å². The molecule has 0 bridgehead atoms. The van der Waals surface area contributed by atoms with E-state index in [9.17, 15) is 4.79 Å². The number of rotatable bonds is 2. The normalized spacial score (nSPS) is 11.1. The average molecular weight is 231 g/mol. The minimum atomic E-state index is -0.283. The van der Waals surface area contributed by atoms with E-state index in [-0.39, 0.29) is 5.97 Å². The van der Waals surface area contributed by atoms with E-state index in [0.29, 0.717) is 11.5 Å². The zero-order chi connectivity index (χ0) is 12.6. The first-order valence-corrected chi connectivity index (χ1v) is 5.75.